The SMILES string of the molecule is COc1ccc2c(c1C)CC[C@H]([C@]1(O)C(=O)N(C)c3ccccc31)C2=O. The molecule has 134 valence electrons. The fraction of sp³-hybridized carbons (Fsp3) is 0.333. The van der Waals surface area contributed by atoms with Crippen LogP contribution in [-0.2, 0) is 16.8 Å². The molecule has 2 aliphatic rings. The van der Waals surface area contributed by atoms with E-state index in [4.69, 9.17) is 4.74 Å². The van der Waals surface area contributed by atoms with Gasteiger partial charge < -0.3 is 14.7 Å². The van der Waals surface area contributed by atoms with E-state index in [1.807, 2.05) is 13.0 Å². The summed E-state index contributed by atoms with van der Waals surface area (Å²) in [5, 5.41) is 11.4. The molecule has 2 aromatic carbocycles. The number of amides is 1. The summed E-state index contributed by atoms with van der Waals surface area (Å²) in [6.45, 7) is 1.93. The molecule has 0 unspecified atom stereocenters. The topological polar surface area (TPSA) is 66.8 Å². The highest BCUT2D eigenvalue weighted by Gasteiger charge is 2.56. The third-order valence-corrected chi connectivity index (χ3v) is 5.84. The number of anilines is 1. The summed E-state index contributed by atoms with van der Waals surface area (Å²) in [5.41, 5.74) is 1.82. The number of methoxy groups -OCH3 is 1. The second-order valence-electron chi connectivity index (χ2n) is 7.02. The molecule has 0 aromatic heterocycles. The predicted molar refractivity (Wildman–Crippen MR) is 97.6 cm³/mol. The molecule has 0 fully saturated rings. The molecule has 4 rings (SSSR count). The van der Waals surface area contributed by atoms with E-state index in [-0.39, 0.29) is 5.78 Å². The van der Waals surface area contributed by atoms with Crippen molar-refractivity contribution in [3.05, 3.63) is 58.7 Å². The molecule has 1 aliphatic carbocycles. The van der Waals surface area contributed by atoms with Crippen molar-refractivity contribution in [3.63, 3.8) is 0 Å². The van der Waals surface area contributed by atoms with E-state index in [1.54, 1.807) is 44.5 Å². The molecule has 2 atom stereocenters. The van der Waals surface area contributed by atoms with Gasteiger partial charge in [-0.15, -0.1) is 0 Å². The predicted octanol–water partition coefficient (Wildman–Crippen LogP) is 2.61. The number of hydrogen-bond acceptors (Lipinski definition) is 4. The van der Waals surface area contributed by atoms with Gasteiger partial charge in [0, 0.05) is 18.2 Å². The highest BCUT2D eigenvalue weighted by atomic mass is 16.5. The van der Waals surface area contributed by atoms with E-state index < -0.39 is 17.4 Å². The molecule has 5 heteroatoms. The zero-order valence-corrected chi connectivity index (χ0v) is 15.1. The van der Waals surface area contributed by atoms with Crippen LogP contribution >= 0.6 is 0 Å². The van der Waals surface area contributed by atoms with Crippen LogP contribution in [0.1, 0.15) is 33.5 Å². The van der Waals surface area contributed by atoms with Crippen LogP contribution in [0.4, 0.5) is 5.69 Å². The van der Waals surface area contributed by atoms with Gasteiger partial charge >= 0.3 is 0 Å². The summed E-state index contributed by atoms with van der Waals surface area (Å²) < 4.78 is 5.35. The molecule has 0 spiro atoms. The lowest BCUT2D eigenvalue weighted by Gasteiger charge is -2.34. The second-order valence-corrected chi connectivity index (χ2v) is 7.02. The first kappa shape index (κ1) is 16.8. The number of hydrogen-bond donors (Lipinski definition) is 1. The Kier molecular flexibility index (Phi) is 3.66. The van der Waals surface area contributed by atoms with Gasteiger partial charge in [0.1, 0.15) is 5.75 Å². The van der Waals surface area contributed by atoms with E-state index in [0.29, 0.717) is 29.7 Å². The first-order valence-electron chi connectivity index (χ1n) is 8.72. The van der Waals surface area contributed by atoms with Crippen LogP contribution in [0.2, 0.25) is 0 Å². The molecule has 1 amide bonds. The van der Waals surface area contributed by atoms with Crippen molar-refractivity contribution in [2.45, 2.75) is 25.4 Å². The molecule has 1 N–H and O–H groups in total. The van der Waals surface area contributed by atoms with Crippen LogP contribution in [0.15, 0.2) is 36.4 Å². The highest BCUT2D eigenvalue weighted by Crippen LogP contribution is 2.48. The Morgan fingerprint density at radius 1 is 1.19 bits per heavy atom. The molecule has 2 aromatic rings. The number of rotatable bonds is 2. The highest BCUT2D eigenvalue weighted by molar-refractivity contribution is 6.12. The lowest BCUT2D eigenvalue weighted by Crippen LogP contribution is -2.49. The largest absolute Gasteiger partial charge is 0.496 e. The second kappa shape index (κ2) is 5.68. The number of fused-ring (bicyclic) bond motifs is 2. The minimum Gasteiger partial charge on any atom is -0.496 e. The number of carbonyl (C=O) groups excluding carboxylic acids is 2. The van der Waals surface area contributed by atoms with E-state index in [1.165, 1.54) is 4.90 Å². The first-order chi connectivity index (χ1) is 12.4. The maximum absolute atomic E-state index is 13.3. The van der Waals surface area contributed by atoms with Gasteiger partial charge in [0.05, 0.1) is 18.7 Å². The molecule has 5 nitrogen and oxygen atoms in total. The summed E-state index contributed by atoms with van der Waals surface area (Å²) in [6, 6.07) is 10.7. The normalized spacial score (nSPS) is 24.5. The average Bonchev–Trinajstić information content (AvgIpc) is 2.85. The van der Waals surface area contributed by atoms with Crippen molar-refractivity contribution in [1.82, 2.24) is 0 Å². The fourth-order valence-electron chi connectivity index (χ4n) is 4.42. The van der Waals surface area contributed by atoms with E-state index in [9.17, 15) is 14.7 Å². The van der Waals surface area contributed by atoms with E-state index >= 15 is 0 Å². The molecule has 0 radical (unpaired) electrons. The number of Topliss-reactive ketones (excluding diaryl/α,β-unsaturated/α-hetero) is 1. The van der Waals surface area contributed by atoms with Crippen molar-refractivity contribution in [2.24, 2.45) is 5.92 Å². The molecule has 26 heavy (non-hydrogen) atoms. The third-order valence-electron chi connectivity index (χ3n) is 5.84. The van der Waals surface area contributed by atoms with Gasteiger partial charge in [-0.2, -0.15) is 0 Å². The number of carbonyl (C=O) groups is 2. The summed E-state index contributed by atoms with van der Waals surface area (Å²) >= 11 is 0. The Morgan fingerprint density at radius 3 is 2.65 bits per heavy atom. The van der Waals surface area contributed by atoms with Crippen LogP contribution in [0.25, 0.3) is 0 Å². The number of benzene rings is 2. The Hall–Kier alpha value is -2.66. The van der Waals surface area contributed by atoms with Gasteiger partial charge in [-0.3, -0.25) is 9.59 Å². The zero-order chi connectivity index (χ0) is 18.6. The molecular formula is C21H21NO4. The van der Waals surface area contributed by atoms with Gasteiger partial charge in [-0.05, 0) is 49.1 Å². The Labute approximate surface area is 152 Å². The number of nitrogens with zero attached hydrogens (tertiary/aromatic N) is 1. The smallest absolute Gasteiger partial charge is 0.264 e. The number of aliphatic hydroxyl groups is 1. The Morgan fingerprint density at radius 2 is 1.92 bits per heavy atom. The van der Waals surface area contributed by atoms with Crippen molar-refractivity contribution in [2.75, 3.05) is 19.1 Å². The van der Waals surface area contributed by atoms with Crippen molar-refractivity contribution in [1.29, 1.82) is 0 Å². The van der Waals surface area contributed by atoms with Gasteiger partial charge in [0.2, 0.25) is 0 Å². The summed E-state index contributed by atoms with van der Waals surface area (Å²) in [5.74, 6) is -0.666. The fourth-order valence-corrected chi connectivity index (χ4v) is 4.42. The minimum absolute atomic E-state index is 0.182. The Balaban J connectivity index is 1.82. The molecule has 1 aliphatic heterocycles. The van der Waals surface area contributed by atoms with Gasteiger partial charge in [-0.1, -0.05) is 18.2 Å². The summed E-state index contributed by atoms with van der Waals surface area (Å²) in [4.78, 5) is 27.6. The van der Waals surface area contributed by atoms with Crippen LogP contribution in [0.5, 0.6) is 5.75 Å². The van der Waals surface area contributed by atoms with Crippen molar-refractivity contribution >= 4 is 17.4 Å². The van der Waals surface area contributed by atoms with E-state index in [2.05, 4.69) is 0 Å². The minimum atomic E-state index is -1.81. The monoisotopic (exact) mass is 351 g/mol. The average molecular weight is 351 g/mol. The molecule has 0 saturated carbocycles. The number of ketones is 1. The van der Waals surface area contributed by atoms with Crippen LogP contribution in [0.3, 0.4) is 0 Å². The van der Waals surface area contributed by atoms with Crippen LogP contribution < -0.4 is 9.64 Å². The summed E-state index contributed by atoms with van der Waals surface area (Å²) in [6.07, 6.45) is 1.04. The quantitative estimate of drug-likeness (QED) is 0.903. The first-order valence-corrected chi connectivity index (χ1v) is 8.72. The maximum Gasteiger partial charge on any atom is 0.264 e. The Bertz CT molecular complexity index is 936. The van der Waals surface area contributed by atoms with Gasteiger partial charge in [-0.25, -0.2) is 0 Å². The zero-order valence-electron chi connectivity index (χ0n) is 15.1. The van der Waals surface area contributed by atoms with Gasteiger partial charge in [0.15, 0.2) is 11.4 Å². The standard InChI is InChI=1S/C21H21NO4/c1-12-13-8-10-16(19(23)14(13)9-11-18(12)26-3)21(25)15-6-4-5-7-17(15)22(2)20(21)24/h4-7,9,11,16,25H,8,10H2,1-3H3/t16-,21-/m0/s1. The number of ether oxygens (including phenoxy) is 1. The molecule has 1 heterocycles. The van der Waals surface area contributed by atoms with E-state index in [0.717, 1.165) is 16.9 Å². The van der Waals surface area contributed by atoms with Gasteiger partial charge in [0.25, 0.3) is 5.91 Å². The van der Waals surface area contributed by atoms with Crippen LogP contribution in [-0.4, -0.2) is 31.0 Å². The maximum atomic E-state index is 13.3. The summed E-state index contributed by atoms with van der Waals surface area (Å²) in [7, 11) is 3.24. The molecule has 0 bridgehead atoms. The lowest BCUT2D eigenvalue weighted by molar-refractivity contribution is -0.140. The number of para-hydroxylation sites is 1. The van der Waals surface area contributed by atoms with Crippen LogP contribution in [0, 0.1) is 12.8 Å². The molecule has 0 saturated heterocycles. The lowest BCUT2D eigenvalue weighted by atomic mass is 9.70. The molecular weight excluding hydrogens is 330 g/mol. The number of likely N-dealkylation sites (N-methyl/N-ethyl adjacent to an activating group) is 1. The van der Waals surface area contributed by atoms with Crippen molar-refractivity contribution < 1.29 is 19.4 Å². The third kappa shape index (κ3) is 2.01. The van der Waals surface area contributed by atoms with Crippen molar-refractivity contribution in [3.8, 4) is 5.75 Å².